The number of aryl methyl sites for hydroxylation is 1. The van der Waals surface area contributed by atoms with Crippen LogP contribution in [0.1, 0.15) is 28.1 Å². The molecule has 0 saturated carbocycles. The van der Waals surface area contributed by atoms with Crippen molar-refractivity contribution in [2.45, 2.75) is 26.8 Å². The number of benzene rings is 2. The Bertz CT molecular complexity index is 718. The molecule has 0 fully saturated rings. The van der Waals surface area contributed by atoms with Crippen LogP contribution in [0.15, 0.2) is 60.7 Å². The van der Waals surface area contributed by atoms with Crippen molar-refractivity contribution < 1.29 is 0 Å². The molecule has 0 aliphatic heterocycles. The SMILES string of the molecule is Br.Cc1nn(Cc2ccccc2)c(C)c1Cc1ccccc1. The third-order valence-corrected chi connectivity index (χ3v) is 3.93. The summed E-state index contributed by atoms with van der Waals surface area (Å²) in [4.78, 5) is 0. The smallest absolute Gasteiger partial charge is 0.0662 e. The largest absolute Gasteiger partial charge is 0.265 e. The zero-order chi connectivity index (χ0) is 14.7. The molecule has 0 atom stereocenters. The van der Waals surface area contributed by atoms with Gasteiger partial charge < -0.3 is 0 Å². The van der Waals surface area contributed by atoms with Crippen LogP contribution >= 0.6 is 17.0 Å². The van der Waals surface area contributed by atoms with Crippen LogP contribution in [-0.2, 0) is 13.0 Å². The minimum absolute atomic E-state index is 0. The van der Waals surface area contributed by atoms with Gasteiger partial charge in [0.2, 0.25) is 0 Å². The molecule has 0 aliphatic rings. The minimum atomic E-state index is 0. The first-order valence-corrected chi connectivity index (χ1v) is 7.35. The van der Waals surface area contributed by atoms with E-state index in [-0.39, 0.29) is 17.0 Å². The fourth-order valence-corrected chi connectivity index (χ4v) is 2.70. The fraction of sp³-hybridized carbons (Fsp3) is 0.211. The number of aromatic nitrogens is 2. The van der Waals surface area contributed by atoms with E-state index in [2.05, 4.69) is 73.1 Å². The summed E-state index contributed by atoms with van der Waals surface area (Å²) in [7, 11) is 0. The van der Waals surface area contributed by atoms with E-state index in [0.717, 1.165) is 18.7 Å². The highest BCUT2D eigenvalue weighted by molar-refractivity contribution is 8.93. The van der Waals surface area contributed by atoms with Crippen molar-refractivity contribution in [1.82, 2.24) is 9.78 Å². The van der Waals surface area contributed by atoms with Gasteiger partial charge in [-0.15, -0.1) is 17.0 Å². The monoisotopic (exact) mass is 356 g/mol. The summed E-state index contributed by atoms with van der Waals surface area (Å²) >= 11 is 0. The lowest BCUT2D eigenvalue weighted by Gasteiger charge is -2.06. The maximum absolute atomic E-state index is 4.72. The summed E-state index contributed by atoms with van der Waals surface area (Å²) < 4.78 is 2.11. The van der Waals surface area contributed by atoms with Gasteiger partial charge in [0.1, 0.15) is 0 Å². The topological polar surface area (TPSA) is 17.8 Å². The van der Waals surface area contributed by atoms with Crippen LogP contribution in [0, 0.1) is 13.8 Å². The number of halogens is 1. The average Bonchev–Trinajstić information content (AvgIpc) is 2.77. The summed E-state index contributed by atoms with van der Waals surface area (Å²) in [6, 6.07) is 21.1. The molecule has 114 valence electrons. The number of hydrogen-bond donors (Lipinski definition) is 0. The predicted molar refractivity (Wildman–Crippen MR) is 96.8 cm³/mol. The van der Waals surface area contributed by atoms with Gasteiger partial charge in [0.15, 0.2) is 0 Å². The first-order valence-electron chi connectivity index (χ1n) is 7.35. The second-order valence-corrected chi connectivity index (χ2v) is 5.45. The molecule has 0 bridgehead atoms. The van der Waals surface area contributed by atoms with Crippen LogP contribution in [0.2, 0.25) is 0 Å². The maximum Gasteiger partial charge on any atom is 0.0662 e. The second kappa shape index (κ2) is 7.41. The van der Waals surface area contributed by atoms with Crippen molar-refractivity contribution in [3.05, 3.63) is 88.7 Å². The standard InChI is InChI=1S/C19H20N2.BrH/c1-15-19(13-17-9-5-3-6-10-17)16(2)21(20-15)14-18-11-7-4-8-12-18;/h3-12H,13-14H2,1-2H3;1H. The van der Waals surface area contributed by atoms with Gasteiger partial charge in [-0.3, -0.25) is 4.68 Å². The third-order valence-electron chi connectivity index (χ3n) is 3.93. The Morgan fingerprint density at radius 2 is 1.36 bits per heavy atom. The van der Waals surface area contributed by atoms with E-state index in [1.54, 1.807) is 0 Å². The molecule has 3 aromatic rings. The average molecular weight is 357 g/mol. The molecule has 0 spiro atoms. The number of hydrogen-bond acceptors (Lipinski definition) is 1. The zero-order valence-electron chi connectivity index (χ0n) is 13.0. The highest BCUT2D eigenvalue weighted by Crippen LogP contribution is 2.18. The molecule has 2 aromatic carbocycles. The van der Waals surface area contributed by atoms with Gasteiger partial charge in [-0.1, -0.05) is 60.7 Å². The van der Waals surface area contributed by atoms with Crippen molar-refractivity contribution in [2.75, 3.05) is 0 Å². The Labute approximate surface area is 142 Å². The van der Waals surface area contributed by atoms with E-state index in [0.29, 0.717) is 0 Å². The highest BCUT2D eigenvalue weighted by Gasteiger charge is 2.12. The van der Waals surface area contributed by atoms with Gasteiger partial charge in [-0.25, -0.2) is 0 Å². The molecule has 0 saturated heterocycles. The maximum atomic E-state index is 4.72. The van der Waals surface area contributed by atoms with Crippen LogP contribution in [0.25, 0.3) is 0 Å². The van der Waals surface area contributed by atoms with Crippen molar-refractivity contribution >= 4 is 17.0 Å². The Balaban J connectivity index is 0.00000176. The van der Waals surface area contributed by atoms with Crippen LogP contribution in [-0.4, -0.2) is 9.78 Å². The first kappa shape index (κ1) is 16.5. The van der Waals surface area contributed by atoms with Gasteiger partial charge >= 0.3 is 0 Å². The van der Waals surface area contributed by atoms with Gasteiger partial charge in [-0.2, -0.15) is 5.10 Å². The van der Waals surface area contributed by atoms with Crippen LogP contribution in [0.3, 0.4) is 0 Å². The summed E-state index contributed by atoms with van der Waals surface area (Å²) in [6.45, 7) is 5.11. The molecule has 0 amide bonds. The lowest BCUT2D eigenvalue weighted by Crippen LogP contribution is -2.04. The van der Waals surface area contributed by atoms with Crippen molar-refractivity contribution in [3.63, 3.8) is 0 Å². The molecular formula is C19H21BrN2. The summed E-state index contributed by atoms with van der Waals surface area (Å²) in [5.74, 6) is 0. The molecule has 3 heteroatoms. The molecule has 0 radical (unpaired) electrons. The highest BCUT2D eigenvalue weighted by atomic mass is 79.9. The predicted octanol–water partition coefficient (Wildman–Crippen LogP) is 4.72. The Morgan fingerprint density at radius 1 is 0.818 bits per heavy atom. The lowest BCUT2D eigenvalue weighted by atomic mass is 10.0. The minimum Gasteiger partial charge on any atom is -0.265 e. The summed E-state index contributed by atoms with van der Waals surface area (Å²) in [6.07, 6.45) is 0.952. The Kier molecular flexibility index (Phi) is 5.56. The lowest BCUT2D eigenvalue weighted by molar-refractivity contribution is 0.658. The first-order chi connectivity index (χ1) is 10.2. The molecule has 1 heterocycles. The van der Waals surface area contributed by atoms with Gasteiger partial charge in [0, 0.05) is 17.7 Å². The van der Waals surface area contributed by atoms with E-state index < -0.39 is 0 Å². The Morgan fingerprint density at radius 3 is 1.95 bits per heavy atom. The number of rotatable bonds is 4. The molecule has 22 heavy (non-hydrogen) atoms. The van der Waals surface area contributed by atoms with Gasteiger partial charge in [0.05, 0.1) is 12.2 Å². The molecule has 0 N–H and O–H groups in total. The van der Waals surface area contributed by atoms with Crippen LogP contribution in [0.4, 0.5) is 0 Å². The summed E-state index contributed by atoms with van der Waals surface area (Å²) in [5, 5.41) is 4.72. The quantitative estimate of drug-likeness (QED) is 0.661. The third kappa shape index (κ3) is 3.66. The van der Waals surface area contributed by atoms with Gasteiger partial charge in [0.25, 0.3) is 0 Å². The molecule has 0 unspecified atom stereocenters. The van der Waals surface area contributed by atoms with E-state index in [9.17, 15) is 0 Å². The number of nitrogens with zero attached hydrogens (tertiary/aromatic N) is 2. The van der Waals surface area contributed by atoms with Crippen LogP contribution in [0.5, 0.6) is 0 Å². The van der Waals surface area contributed by atoms with E-state index >= 15 is 0 Å². The van der Waals surface area contributed by atoms with Crippen molar-refractivity contribution in [2.24, 2.45) is 0 Å². The molecule has 0 aliphatic carbocycles. The van der Waals surface area contributed by atoms with Crippen molar-refractivity contribution in [1.29, 1.82) is 0 Å². The van der Waals surface area contributed by atoms with E-state index in [4.69, 9.17) is 5.10 Å². The Hall–Kier alpha value is -1.87. The van der Waals surface area contributed by atoms with E-state index in [1.807, 2.05) is 6.07 Å². The molecule has 2 nitrogen and oxygen atoms in total. The van der Waals surface area contributed by atoms with E-state index in [1.165, 1.54) is 22.4 Å². The molecule has 3 rings (SSSR count). The van der Waals surface area contributed by atoms with Crippen LogP contribution < -0.4 is 0 Å². The van der Waals surface area contributed by atoms with Crippen molar-refractivity contribution in [3.8, 4) is 0 Å². The second-order valence-electron chi connectivity index (χ2n) is 5.45. The molecule has 1 aromatic heterocycles. The zero-order valence-corrected chi connectivity index (χ0v) is 14.7. The fourth-order valence-electron chi connectivity index (χ4n) is 2.70. The summed E-state index contributed by atoms with van der Waals surface area (Å²) in [5.41, 5.74) is 6.36. The normalized spacial score (nSPS) is 10.3. The van der Waals surface area contributed by atoms with Gasteiger partial charge in [-0.05, 0) is 25.0 Å². The molecular weight excluding hydrogens is 336 g/mol.